The molecule has 0 aliphatic carbocycles. The largest absolute Gasteiger partial charge is 0.354 e. The quantitative estimate of drug-likeness (QED) is 0.451. The van der Waals surface area contributed by atoms with Crippen LogP contribution >= 0.6 is 23.2 Å². The summed E-state index contributed by atoms with van der Waals surface area (Å²) in [5.74, 6) is 4.98. The predicted molar refractivity (Wildman–Crippen MR) is 76.2 cm³/mol. The first kappa shape index (κ1) is 14.3. The maximum absolute atomic E-state index is 11.1. The van der Waals surface area contributed by atoms with Crippen molar-refractivity contribution in [3.63, 3.8) is 0 Å². The van der Waals surface area contributed by atoms with Crippen LogP contribution in [0.3, 0.4) is 0 Å². The number of halogens is 2. The van der Waals surface area contributed by atoms with Gasteiger partial charge in [-0.3, -0.25) is 10.1 Å². The summed E-state index contributed by atoms with van der Waals surface area (Å²) in [6.07, 6.45) is 1.12. The summed E-state index contributed by atoms with van der Waals surface area (Å²) in [5, 5.41) is 14.4. The second-order valence-corrected chi connectivity index (χ2v) is 4.36. The van der Waals surface area contributed by atoms with Gasteiger partial charge in [0.25, 0.3) is 0 Å². The molecule has 20 heavy (non-hydrogen) atoms. The van der Waals surface area contributed by atoms with Crippen LogP contribution in [0.5, 0.6) is 0 Å². The standard InChI is InChI=1S/C10H8Cl2N6O2/c11-5-2-1-3-6(12)7(5)16-9-8(18(19)20)10(17-13)15-4-14-9/h1-4H,13H2,(H2,14,15,16,17). The van der Waals surface area contributed by atoms with Gasteiger partial charge in [-0.1, -0.05) is 29.3 Å². The average molecular weight is 315 g/mol. The van der Waals surface area contributed by atoms with Crippen molar-refractivity contribution in [2.75, 3.05) is 10.7 Å². The normalized spacial score (nSPS) is 10.2. The topological polar surface area (TPSA) is 119 Å². The maximum Gasteiger partial charge on any atom is 0.354 e. The Morgan fingerprint density at radius 2 is 1.80 bits per heavy atom. The van der Waals surface area contributed by atoms with Crippen LogP contribution in [0, 0.1) is 10.1 Å². The minimum absolute atomic E-state index is 0.0760. The number of nitrogens with one attached hydrogen (secondary N) is 2. The van der Waals surface area contributed by atoms with Crippen molar-refractivity contribution in [1.29, 1.82) is 0 Å². The first-order valence-corrected chi connectivity index (χ1v) is 5.97. The van der Waals surface area contributed by atoms with Crippen LogP contribution < -0.4 is 16.6 Å². The first-order valence-electron chi connectivity index (χ1n) is 5.21. The highest BCUT2D eigenvalue weighted by Gasteiger charge is 2.23. The lowest BCUT2D eigenvalue weighted by Gasteiger charge is -2.10. The van der Waals surface area contributed by atoms with Crippen molar-refractivity contribution < 1.29 is 4.92 Å². The first-order chi connectivity index (χ1) is 9.54. The van der Waals surface area contributed by atoms with Crippen LogP contribution in [0.15, 0.2) is 24.5 Å². The highest BCUT2D eigenvalue weighted by atomic mass is 35.5. The van der Waals surface area contributed by atoms with Gasteiger partial charge in [0.05, 0.1) is 20.7 Å². The molecular weight excluding hydrogens is 307 g/mol. The summed E-state index contributed by atoms with van der Waals surface area (Å²) >= 11 is 12.0. The molecule has 0 atom stereocenters. The van der Waals surface area contributed by atoms with E-state index in [1.807, 2.05) is 0 Å². The summed E-state index contributed by atoms with van der Waals surface area (Å²) < 4.78 is 0. The fourth-order valence-electron chi connectivity index (χ4n) is 1.48. The molecule has 1 heterocycles. The molecule has 0 saturated carbocycles. The molecular formula is C10H8Cl2N6O2. The van der Waals surface area contributed by atoms with Gasteiger partial charge >= 0.3 is 5.69 Å². The Morgan fingerprint density at radius 1 is 1.20 bits per heavy atom. The van der Waals surface area contributed by atoms with Gasteiger partial charge in [0.2, 0.25) is 11.6 Å². The van der Waals surface area contributed by atoms with Crippen molar-refractivity contribution in [2.24, 2.45) is 5.84 Å². The van der Waals surface area contributed by atoms with Gasteiger partial charge in [-0.25, -0.2) is 15.8 Å². The predicted octanol–water partition coefficient (Wildman–Crippen LogP) is 2.72. The van der Waals surface area contributed by atoms with E-state index in [1.54, 1.807) is 18.2 Å². The van der Waals surface area contributed by atoms with E-state index in [0.29, 0.717) is 15.7 Å². The van der Waals surface area contributed by atoms with E-state index >= 15 is 0 Å². The van der Waals surface area contributed by atoms with Crippen LogP contribution in [0.2, 0.25) is 10.0 Å². The Hall–Kier alpha value is -2.16. The zero-order chi connectivity index (χ0) is 14.7. The van der Waals surface area contributed by atoms with Gasteiger partial charge in [0, 0.05) is 0 Å². The van der Waals surface area contributed by atoms with Crippen molar-refractivity contribution in [1.82, 2.24) is 9.97 Å². The zero-order valence-corrected chi connectivity index (χ0v) is 11.3. The SMILES string of the molecule is NNc1ncnc(Nc2c(Cl)cccc2Cl)c1[N+](=O)[O-]. The third-order valence-electron chi connectivity index (χ3n) is 2.35. The molecule has 104 valence electrons. The summed E-state index contributed by atoms with van der Waals surface area (Å²) in [6.45, 7) is 0. The van der Waals surface area contributed by atoms with Crippen LogP contribution in [0.1, 0.15) is 0 Å². The van der Waals surface area contributed by atoms with Crippen molar-refractivity contribution in [2.45, 2.75) is 0 Å². The van der Waals surface area contributed by atoms with E-state index in [0.717, 1.165) is 6.33 Å². The highest BCUT2D eigenvalue weighted by Crippen LogP contribution is 2.36. The molecule has 2 aromatic rings. The van der Waals surface area contributed by atoms with Crippen molar-refractivity contribution in [3.8, 4) is 0 Å². The van der Waals surface area contributed by atoms with E-state index in [1.165, 1.54) is 0 Å². The Kier molecular flexibility index (Phi) is 4.18. The van der Waals surface area contributed by atoms with Gasteiger partial charge in [-0.15, -0.1) is 0 Å². The minimum atomic E-state index is -0.664. The van der Waals surface area contributed by atoms with Gasteiger partial charge in [0.1, 0.15) is 6.33 Å². The third-order valence-corrected chi connectivity index (χ3v) is 2.98. The smallest absolute Gasteiger partial charge is 0.332 e. The summed E-state index contributed by atoms with van der Waals surface area (Å²) in [7, 11) is 0. The van der Waals surface area contributed by atoms with Crippen LogP contribution in [0.25, 0.3) is 0 Å². The molecule has 0 amide bonds. The number of nitrogens with two attached hydrogens (primary N) is 1. The van der Waals surface area contributed by atoms with Crippen molar-refractivity contribution in [3.05, 3.63) is 44.7 Å². The number of rotatable bonds is 4. The molecule has 1 aromatic heterocycles. The molecule has 10 heteroatoms. The number of aromatic nitrogens is 2. The molecule has 0 aliphatic rings. The van der Waals surface area contributed by atoms with Crippen LogP contribution in [-0.2, 0) is 0 Å². The second-order valence-electron chi connectivity index (χ2n) is 3.54. The molecule has 8 nitrogen and oxygen atoms in total. The average Bonchev–Trinajstić information content (AvgIpc) is 2.42. The second kappa shape index (κ2) is 5.87. The fraction of sp³-hybridized carbons (Fsp3) is 0. The Balaban J connectivity index is 2.51. The molecule has 0 spiro atoms. The fourth-order valence-corrected chi connectivity index (χ4v) is 1.98. The van der Waals surface area contributed by atoms with E-state index in [-0.39, 0.29) is 11.6 Å². The summed E-state index contributed by atoms with van der Waals surface area (Å²) in [4.78, 5) is 17.9. The van der Waals surface area contributed by atoms with E-state index < -0.39 is 10.6 Å². The number of hydrogen-bond donors (Lipinski definition) is 3. The molecule has 2 rings (SSSR count). The Labute approximate surface area is 123 Å². The summed E-state index contributed by atoms with van der Waals surface area (Å²) in [5.41, 5.74) is 2.03. The van der Waals surface area contributed by atoms with Gasteiger partial charge in [0.15, 0.2) is 0 Å². The van der Waals surface area contributed by atoms with E-state index in [4.69, 9.17) is 29.0 Å². The van der Waals surface area contributed by atoms with E-state index in [2.05, 4.69) is 20.7 Å². The third kappa shape index (κ3) is 2.72. The monoisotopic (exact) mass is 314 g/mol. The minimum Gasteiger partial charge on any atom is -0.332 e. The maximum atomic E-state index is 11.1. The number of para-hydroxylation sites is 1. The molecule has 0 fully saturated rings. The molecule has 0 radical (unpaired) electrons. The highest BCUT2D eigenvalue weighted by molar-refractivity contribution is 6.39. The molecule has 0 aliphatic heterocycles. The lowest BCUT2D eigenvalue weighted by atomic mass is 10.3. The lowest BCUT2D eigenvalue weighted by Crippen LogP contribution is -2.12. The van der Waals surface area contributed by atoms with Crippen LogP contribution in [0.4, 0.5) is 23.0 Å². The number of hydrogen-bond acceptors (Lipinski definition) is 7. The molecule has 1 aromatic carbocycles. The summed E-state index contributed by atoms with van der Waals surface area (Å²) in [6, 6.07) is 4.83. The molecule has 4 N–H and O–H groups in total. The number of anilines is 3. The number of nitrogen functional groups attached to an aromatic ring is 1. The van der Waals surface area contributed by atoms with Crippen molar-refractivity contribution >= 4 is 46.2 Å². The molecule has 0 bridgehead atoms. The number of nitrogens with zero attached hydrogens (tertiary/aromatic N) is 3. The Bertz CT molecular complexity index is 646. The zero-order valence-electron chi connectivity index (χ0n) is 9.80. The van der Waals surface area contributed by atoms with Crippen LogP contribution in [-0.4, -0.2) is 14.9 Å². The Morgan fingerprint density at radius 3 is 2.35 bits per heavy atom. The van der Waals surface area contributed by atoms with E-state index in [9.17, 15) is 10.1 Å². The number of hydrazine groups is 1. The number of benzene rings is 1. The lowest BCUT2D eigenvalue weighted by molar-refractivity contribution is -0.383. The van der Waals surface area contributed by atoms with Gasteiger partial charge < -0.3 is 10.7 Å². The van der Waals surface area contributed by atoms with Gasteiger partial charge in [-0.2, -0.15) is 0 Å². The molecule has 0 saturated heterocycles. The molecule has 0 unspecified atom stereocenters. The van der Waals surface area contributed by atoms with Gasteiger partial charge in [-0.05, 0) is 12.1 Å². The number of nitro groups is 1.